The van der Waals surface area contributed by atoms with E-state index in [9.17, 15) is 52.3 Å². The molecule has 0 atom stereocenters. The molecule has 2 aromatic rings. The van der Waals surface area contributed by atoms with Gasteiger partial charge in [0.2, 0.25) is 0 Å². The number of aromatic nitrogens is 2. The van der Waals surface area contributed by atoms with Crippen molar-refractivity contribution in [3.8, 4) is 11.4 Å². The van der Waals surface area contributed by atoms with Crippen molar-refractivity contribution in [3.63, 3.8) is 0 Å². The Kier molecular flexibility index (Phi) is 6.53. The van der Waals surface area contributed by atoms with Crippen LogP contribution < -0.4 is 4.74 Å². The van der Waals surface area contributed by atoms with E-state index in [1.807, 2.05) is 0 Å². The van der Waals surface area contributed by atoms with Gasteiger partial charge in [-0.2, -0.15) is 49.0 Å². The van der Waals surface area contributed by atoms with Gasteiger partial charge in [0.05, 0.1) is 34.3 Å². The summed E-state index contributed by atoms with van der Waals surface area (Å²) in [4.78, 5) is -0.835. The van der Waals surface area contributed by atoms with E-state index in [2.05, 4.69) is 9.84 Å². The van der Waals surface area contributed by atoms with E-state index in [0.717, 1.165) is 6.92 Å². The second-order valence-electron chi connectivity index (χ2n) is 6.27. The van der Waals surface area contributed by atoms with Crippen molar-refractivity contribution in [1.82, 2.24) is 9.78 Å². The first-order valence-corrected chi connectivity index (χ1v) is 9.93. The number of alkyl halides is 10. The Labute approximate surface area is 173 Å². The van der Waals surface area contributed by atoms with Gasteiger partial charge in [-0.15, -0.1) is 0 Å². The fraction of sp³-hybridized carbons (Fsp3) is 0.438. The topological polar surface area (TPSA) is 61.2 Å². The quantitative estimate of drug-likeness (QED) is 0.506. The summed E-state index contributed by atoms with van der Waals surface area (Å²) in [7, 11) is -4.27. The lowest BCUT2D eigenvalue weighted by atomic mass is 10.2. The number of rotatable bonds is 7. The number of nitrogens with zero attached hydrogens (tertiary/aromatic N) is 2. The molecule has 1 aromatic heterocycles. The summed E-state index contributed by atoms with van der Waals surface area (Å²) in [5.74, 6) is -13.5. The third-order valence-electron chi connectivity index (χ3n) is 4.04. The molecule has 0 amide bonds. The summed E-state index contributed by atoms with van der Waals surface area (Å²) in [6.45, 7) is -1.28. The molecule has 2 rings (SSSR count). The molecule has 0 aliphatic rings. The molecule has 0 aliphatic carbocycles. The van der Waals surface area contributed by atoms with Gasteiger partial charge >= 0.3 is 24.2 Å². The van der Waals surface area contributed by atoms with Crippen molar-refractivity contribution in [1.29, 1.82) is 0 Å². The number of hydrogen-bond acceptors (Lipinski definition) is 4. The van der Waals surface area contributed by atoms with Crippen molar-refractivity contribution < 1.29 is 57.1 Å². The zero-order valence-corrected chi connectivity index (χ0v) is 16.4. The van der Waals surface area contributed by atoms with Gasteiger partial charge in [0, 0.05) is 0 Å². The molecule has 0 unspecified atom stereocenters. The molecule has 1 heterocycles. The molecule has 0 spiro atoms. The minimum atomic E-state index is -6.56. The van der Waals surface area contributed by atoms with Crippen LogP contribution in [-0.4, -0.2) is 48.6 Å². The summed E-state index contributed by atoms with van der Waals surface area (Å²) in [5, 5.41) is 3.49. The maximum Gasteiger partial charge on any atom is 0.460 e. The molecule has 0 fully saturated rings. The minimum Gasteiger partial charge on any atom is -0.484 e. The summed E-state index contributed by atoms with van der Waals surface area (Å²) in [5.41, 5.74) is -1.78. The van der Waals surface area contributed by atoms with E-state index < -0.39 is 68.3 Å². The first-order chi connectivity index (χ1) is 14.3. The first-order valence-electron chi connectivity index (χ1n) is 8.27. The maximum atomic E-state index is 13.3. The number of ether oxygens (including phenoxy) is 1. The van der Waals surface area contributed by atoms with E-state index in [0.29, 0.717) is 35.3 Å². The standard InChI is InChI=1S/C16H12F10N2O3S/c1-2-32(29,30)12-5-9(14(19,20)21)3-4-11(12)28-7-10(6-27-28)31-8-13(17,18)15(22,23)16(24,25)26/h3-7H,2,8H2,1H3. The molecule has 1 aromatic carbocycles. The molecule has 0 saturated heterocycles. The Hall–Kier alpha value is -2.52. The average Bonchev–Trinajstić information content (AvgIpc) is 3.13. The van der Waals surface area contributed by atoms with Gasteiger partial charge in [-0.05, 0) is 18.2 Å². The Morgan fingerprint density at radius 2 is 1.59 bits per heavy atom. The number of benzene rings is 1. The van der Waals surface area contributed by atoms with Crippen molar-refractivity contribution >= 4 is 9.84 Å². The van der Waals surface area contributed by atoms with Gasteiger partial charge in [-0.1, -0.05) is 6.92 Å². The lowest BCUT2D eigenvalue weighted by molar-refractivity contribution is -0.358. The average molecular weight is 502 g/mol. The highest BCUT2D eigenvalue weighted by Crippen LogP contribution is 2.46. The summed E-state index contributed by atoms with van der Waals surface area (Å²) in [6.07, 6.45) is -10.3. The Bertz CT molecular complexity index is 1070. The van der Waals surface area contributed by atoms with E-state index in [-0.39, 0.29) is 0 Å². The fourth-order valence-electron chi connectivity index (χ4n) is 2.27. The zero-order valence-electron chi connectivity index (χ0n) is 15.6. The van der Waals surface area contributed by atoms with Crippen LogP contribution in [0.3, 0.4) is 0 Å². The first kappa shape index (κ1) is 25.7. The van der Waals surface area contributed by atoms with E-state index in [1.165, 1.54) is 0 Å². The third kappa shape index (κ3) is 4.94. The molecule has 0 saturated carbocycles. The van der Waals surface area contributed by atoms with Crippen LogP contribution in [0.5, 0.6) is 5.75 Å². The predicted octanol–water partition coefficient (Wildman–Crippen LogP) is 4.90. The summed E-state index contributed by atoms with van der Waals surface area (Å²) >= 11 is 0. The van der Waals surface area contributed by atoms with Crippen LogP contribution in [0.15, 0.2) is 35.5 Å². The van der Waals surface area contributed by atoms with Crippen LogP contribution in [-0.2, 0) is 16.0 Å². The summed E-state index contributed by atoms with van der Waals surface area (Å²) in [6, 6.07) is 1.52. The fourth-order valence-corrected chi connectivity index (χ4v) is 3.37. The smallest absolute Gasteiger partial charge is 0.460 e. The van der Waals surface area contributed by atoms with Crippen molar-refractivity contribution in [2.75, 3.05) is 12.4 Å². The monoisotopic (exact) mass is 502 g/mol. The van der Waals surface area contributed by atoms with Crippen molar-refractivity contribution in [3.05, 3.63) is 36.2 Å². The number of sulfone groups is 1. The molecule has 0 aliphatic heterocycles. The van der Waals surface area contributed by atoms with Crippen LogP contribution in [0, 0.1) is 0 Å². The lowest BCUT2D eigenvalue weighted by Crippen LogP contribution is -2.54. The van der Waals surface area contributed by atoms with E-state index >= 15 is 0 Å². The van der Waals surface area contributed by atoms with E-state index in [4.69, 9.17) is 0 Å². The van der Waals surface area contributed by atoms with Crippen LogP contribution in [0.4, 0.5) is 43.9 Å². The molecule has 0 radical (unpaired) electrons. The molecule has 16 heteroatoms. The van der Waals surface area contributed by atoms with Gasteiger partial charge < -0.3 is 4.74 Å². The summed E-state index contributed by atoms with van der Waals surface area (Å²) < 4.78 is 157. The Morgan fingerprint density at radius 1 is 1.00 bits per heavy atom. The molecule has 180 valence electrons. The van der Waals surface area contributed by atoms with Gasteiger partial charge in [-0.3, -0.25) is 0 Å². The van der Waals surface area contributed by atoms with Crippen molar-refractivity contribution in [2.24, 2.45) is 0 Å². The number of halogens is 10. The lowest BCUT2D eigenvalue weighted by Gasteiger charge is -2.27. The van der Waals surface area contributed by atoms with Crippen LogP contribution in [0.2, 0.25) is 0 Å². The highest BCUT2D eigenvalue weighted by Gasteiger charge is 2.73. The molecule has 5 nitrogen and oxygen atoms in total. The van der Waals surface area contributed by atoms with Gasteiger partial charge in [0.25, 0.3) is 0 Å². The molecule has 0 bridgehead atoms. The molecular weight excluding hydrogens is 490 g/mol. The zero-order chi connectivity index (χ0) is 24.8. The molecule has 32 heavy (non-hydrogen) atoms. The van der Waals surface area contributed by atoms with Crippen LogP contribution >= 0.6 is 0 Å². The number of hydrogen-bond donors (Lipinski definition) is 0. The largest absolute Gasteiger partial charge is 0.484 e. The minimum absolute atomic E-state index is 0.314. The van der Waals surface area contributed by atoms with Crippen molar-refractivity contribution in [2.45, 2.75) is 36.0 Å². The van der Waals surface area contributed by atoms with Gasteiger partial charge in [-0.25, -0.2) is 13.1 Å². The second kappa shape index (κ2) is 8.12. The second-order valence-corrected chi connectivity index (χ2v) is 8.52. The molecular formula is C16H12F10N2O3S. The maximum absolute atomic E-state index is 13.3. The van der Waals surface area contributed by atoms with Gasteiger partial charge in [0.15, 0.2) is 22.2 Å². The Morgan fingerprint density at radius 3 is 2.09 bits per heavy atom. The molecule has 0 N–H and O–H groups in total. The third-order valence-corrected chi connectivity index (χ3v) is 5.80. The Balaban J connectivity index is 2.39. The highest BCUT2D eigenvalue weighted by atomic mass is 32.2. The SMILES string of the molecule is CCS(=O)(=O)c1cc(C(F)(F)F)ccc1-n1cc(OCC(F)(F)C(F)(F)C(F)(F)F)cn1. The van der Waals surface area contributed by atoms with Gasteiger partial charge in [0.1, 0.15) is 0 Å². The normalized spacial score (nSPS) is 14.0. The van der Waals surface area contributed by atoms with Crippen LogP contribution in [0.1, 0.15) is 12.5 Å². The van der Waals surface area contributed by atoms with E-state index in [1.54, 1.807) is 0 Å². The predicted molar refractivity (Wildman–Crippen MR) is 87.7 cm³/mol. The highest BCUT2D eigenvalue weighted by molar-refractivity contribution is 7.91. The van der Waals surface area contributed by atoms with Crippen LogP contribution in [0.25, 0.3) is 5.69 Å².